The number of aromatic nitrogens is 2. The molecule has 1 aliphatic carbocycles. The highest BCUT2D eigenvalue weighted by atomic mass is 16.5. The number of carbonyl (C=O) groups excluding carboxylic acids is 1. The number of ether oxygens (including phenoxy) is 1. The number of esters is 1. The third-order valence-corrected chi connectivity index (χ3v) is 9.55. The molecule has 8 heteroatoms. The molecule has 1 amide bonds. The van der Waals surface area contributed by atoms with E-state index in [1.165, 1.54) is 38.3 Å². The smallest absolute Gasteiger partial charge is 0.407 e. The van der Waals surface area contributed by atoms with Gasteiger partial charge in [-0.25, -0.2) is 14.3 Å². The van der Waals surface area contributed by atoms with Gasteiger partial charge in [0.25, 0.3) is 0 Å². The van der Waals surface area contributed by atoms with Crippen LogP contribution >= 0.6 is 0 Å². The van der Waals surface area contributed by atoms with Crippen molar-refractivity contribution in [3.63, 3.8) is 0 Å². The second-order valence-electron chi connectivity index (χ2n) is 12.1. The lowest BCUT2D eigenvalue weighted by Gasteiger charge is -2.31. The van der Waals surface area contributed by atoms with Gasteiger partial charge in [-0.2, -0.15) is 5.10 Å². The van der Waals surface area contributed by atoms with Gasteiger partial charge in [0.15, 0.2) is 0 Å². The van der Waals surface area contributed by atoms with Gasteiger partial charge in [-0.1, -0.05) is 55.5 Å². The van der Waals surface area contributed by atoms with Gasteiger partial charge < -0.3 is 20.1 Å². The van der Waals surface area contributed by atoms with Crippen molar-refractivity contribution in [3.05, 3.63) is 100 Å². The second-order valence-corrected chi connectivity index (χ2v) is 12.1. The van der Waals surface area contributed by atoms with Crippen molar-refractivity contribution >= 4 is 17.9 Å². The van der Waals surface area contributed by atoms with E-state index in [2.05, 4.69) is 65.9 Å². The number of rotatable bonds is 9. The number of amides is 1. The average molecular weight is 607 g/mol. The van der Waals surface area contributed by atoms with E-state index in [4.69, 9.17) is 4.74 Å². The Morgan fingerprint density at radius 1 is 1.02 bits per heavy atom. The molecular formula is C37H42N4O4. The molecular weight excluding hydrogens is 564 g/mol. The summed E-state index contributed by atoms with van der Waals surface area (Å²) < 4.78 is 6.99. The molecule has 2 heterocycles. The third-order valence-electron chi connectivity index (χ3n) is 9.55. The molecule has 0 bridgehead atoms. The van der Waals surface area contributed by atoms with Crippen LogP contribution in [0.4, 0.5) is 10.6 Å². The number of aryl methyl sites for hydroxylation is 2. The largest absolute Gasteiger partial charge is 0.465 e. The molecule has 1 fully saturated rings. The Bertz CT molecular complexity index is 1700. The Hall–Kier alpha value is -4.59. The van der Waals surface area contributed by atoms with Crippen LogP contribution in [0.5, 0.6) is 0 Å². The fourth-order valence-electron chi connectivity index (χ4n) is 7.35. The maximum Gasteiger partial charge on any atom is 0.407 e. The lowest BCUT2D eigenvalue weighted by molar-refractivity contribution is 0.0527. The summed E-state index contributed by atoms with van der Waals surface area (Å²) in [5.41, 5.74) is 10.7. The Kier molecular flexibility index (Phi) is 8.92. The van der Waals surface area contributed by atoms with Crippen LogP contribution in [-0.2, 0) is 24.0 Å². The molecule has 1 aromatic heterocycles. The van der Waals surface area contributed by atoms with E-state index in [0.717, 1.165) is 49.8 Å². The standard InChI is InChI=1S/C37H42N4O4/c1-4-25-20-24(12-15-31(25)26-16-18-40(19-17-26)37(43)44)21-29-14-13-27-8-7-11-32(34(27)29)28-9-6-10-30(22-28)41-35(38-3)33(23-39-41)36(42)45-5-2/h6-12,15,20,22-23,26,29,38H,4-5,13-14,16-19,21H2,1-3H3,(H,43,44). The van der Waals surface area contributed by atoms with E-state index in [1.807, 2.05) is 12.1 Å². The first-order chi connectivity index (χ1) is 21.9. The van der Waals surface area contributed by atoms with Crippen molar-refractivity contribution in [2.45, 2.75) is 64.2 Å². The minimum atomic E-state index is -0.810. The average Bonchev–Trinajstić information content (AvgIpc) is 3.69. The Morgan fingerprint density at radius 2 is 1.82 bits per heavy atom. The number of hydrogen-bond donors (Lipinski definition) is 2. The normalized spacial score (nSPS) is 16.4. The van der Waals surface area contributed by atoms with Gasteiger partial charge in [0, 0.05) is 20.1 Å². The molecule has 6 rings (SSSR count). The minimum Gasteiger partial charge on any atom is -0.465 e. The van der Waals surface area contributed by atoms with Crippen molar-refractivity contribution in [1.82, 2.24) is 14.7 Å². The molecule has 2 N–H and O–H groups in total. The quantitative estimate of drug-likeness (QED) is 0.192. The molecule has 45 heavy (non-hydrogen) atoms. The summed E-state index contributed by atoms with van der Waals surface area (Å²) in [6.07, 6.45) is 6.67. The second kappa shape index (κ2) is 13.2. The van der Waals surface area contributed by atoms with Crippen molar-refractivity contribution in [2.75, 3.05) is 32.1 Å². The summed E-state index contributed by atoms with van der Waals surface area (Å²) in [6.45, 7) is 5.54. The van der Waals surface area contributed by atoms with Gasteiger partial charge in [-0.3, -0.25) is 0 Å². The molecule has 1 atom stereocenters. The molecule has 4 aromatic rings. The number of hydrogen-bond acceptors (Lipinski definition) is 5. The Morgan fingerprint density at radius 3 is 2.56 bits per heavy atom. The zero-order valence-corrected chi connectivity index (χ0v) is 26.4. The lowest BCUT2D eigenvalue weighted by atomic mass is 9.83. The van der Waals surface area contributed by atoms with Gasteiger partial charge in [0.1, 0.15) is 11.4 Å². The monoisotopic (exact) mass is 606 g/mol. The van der Waals surface area contributed by atoms with Gasteiger partial charge >= 0.3 is 12.1 Å². The predicted octanol–water partition coefficient (Wildman–Crippen LogP) is 7.45. The van der Waals surface area contributed by atoms with Crippen LogP contribution in [0.2, 0.25) is 0 Å². The van der Waals surface area contributed by atoms with E-state index < -0.39 is 12.1 Å². The van der Waals surface area contributed by atoms with E-state index in [9.17, 15) is 14.7 Å². The fourth-order valence-corrected chi connectivity index (χ4v) is 7.35. The van der Waals surface area contributed by atoms with Crippen LogP contribution in [0.15, 0.2) is 66.9 Å². The van der Waals surface area contributed by atoms with Gasteiger partial charge in [-0.05, 0) is 108 Å². The molecule has 0 spiro atoms. The highest BCUT2D eigenvalue weighted by molar-refractivity contribution is 5.95. The Labute approximate surface area is 265 Å². The first-order valence-electron chi connectivity index (χ1n) is 16.2. The third kappa shape index (κ3) is 6.06. The van der Waals surface area contributed by atoms with Gasteiger partial charge in [0.2, 0.25) is 0 Å². The lowest BCUT2D eigenvalue weighted by Crippen LogP contribution is -2.37. The SMILES string of the molecule is CCOC(=O)c1cnn(-c2cccc(-c3cccc4c3C(Cc3ccc(C5CCN(C(=O)O)CC5)c(CC)c3)CC4)c2)c1NC. The van der Waals surface area contributed by atoms with Crippen LogP contribution in [0.25, 0.3) is 16.8 Å². The number of carboxylic acid groups (broad SMARTS) is 1. The number of piperidine rings is 1. The minimum absolute atomic E-state index is 0.306. The van der Waals surface area contributed by atoms with Crippen LogP contribution < -0.4 is 5.32 Å². The summed E-state index contributed by atoms with van der Waals surface area (Å²) in [5, 5.41) is 17.0. The molecule has 8 nitrogen and oxygen atoms in total. The van der Waals surface area contributed by atoms with Crippen LogP contribution in [0.1, 0.15) is 83.1 Å². The van der Waals surface area contributed by atoms with E-state index in [0.29, 0.717) is 42.9 Å². The van der Waals surface area contributed by atoms with Crippen LogP contribution in [-0.4, -0.2) is 58.6 Å². The predicted molar refractivity (Wildman–Crippen MR) is 177 cm³/mol. The molecule has 234 valence electrons. The summed E-state index contributed by atoms with van der Waals surface area (Å²) in [5.74, 6) is 1.05. The zero-order valence-electron chi connectivity index (χ0n) is 26.4. The summed E-state index contributed by atoms with van der Waals surface area (Å²) in [4.78, 5) is 25.4. The highest BCUT2D eigenvalue weighted by Gasteiger charge is 2.28. The fraction of sp³-hybridized carbons (Fsp3) is 0.378. The maximum atomic E-state index is 12.5. The Balaban J connectivity index is 1.26. The topological polar surface area (TPSA) is 96.7 Å². The van der Waals surface area contributed by atoms with Crippen molar-refractivity contribution in [2.24, 2.45) is 0 Å². The summed E-state index contributed by atoms with van der Waals surface area (Å²) in [6, 6.07) is 22.0. The molecule has 1 unspecified atom stereocenters. The molecule has 0 radical (unpaired) electrons. The maximum absolute atomic E-state index is 12.5. The van der Waals surface area contributed by atoms with E-state index in [1.54, 1.807) is 24.9 Å². The number of anilines is 1. The van der Waals surface area contributed by atoms with Crippen LogP contribution in [0, 0.1) is 0 Å². The molecule has 1 saturated heterocycles. The summed E-state index contributed by atoms with van der Waals surface area (Å²) >= 11 is 0. The number of fused-ring (bicyclic) bond motifs is 1. The molecule has 1 aliphatic heterocycles. The van der Waals surface area contributed by atoms with Crippen molar-refractivity contribution < 1.29 is 19.4 Å². The number of carbonyl (C=O) groups is 2. The van der Waals surface area contributed by atoms with Crippen molar-refractivity contribution in [1.29, 1.82) is 0 Å². The first kappa shape index (κ1) is 30.4. The molecule has 2 aliphatic rings. The van der Waals surface area contributed by atoms with Gasteiger partial charge in [0.05, 0.1) is 18.5 Å². The van der Waals surface area contributed by atoms with Crippen LogP contribution in [0.3, 0.4) is 0 Å². The zero-order chi connectivity index (χ0) is 31.5. The number of benzene rings is 3. The van der Waals surface area contributed by atoms with Crippen molar-refractivity contribution in [3.8, 4) is 16.8 Å². The summed E-state index contributed by atoms with van der Waals surface area (Å²) in [7, 11) is 1.79. The number of nitrogens with zero attached hydrogens (tertiary/aromatic N) is 3. The van der Waals surface area contributed by atoms with E-state index in [-0.39, 0.29) is 0 Å². The van der Waals surface area contributed by atoms with Gasteiger partial charge in [-0.15, -0.1) is 0 Å². The number of likely N-dealkylation sites (tertiary alicyclic amines) is 1. The first-order valence-corrected chi connectivity index (χ1v) is 16.2. The number of nitrogens with one attached hydrogen (secondary N) is 1. The molecule has 3 aromatic carbocycles. The molecule has 0 saturated carbocycles. The highest BCUT2D eigenvalue weighted by Crippen LogP contribution is 2.43. The van der Waals surface area contributed by atoms with E-state index >= 15 is 0 Å².